The number of hydrogen-bond donors (Lipinski definition) is 2. The summed E-state index contributed by atoms with van der Waals surface area (Å²) in [5.41, 5.74) is 1.59. The van der Waals surface area contributed by atoms with E-state index in [-0.39, 0.29) is 12.5 Å². The van der Waals surface area contributed by atoms with Crippen molar-refractivity contribution in [3.05, 3.63) is 78.9 Å². The van der Waals surface area contributed by atoms with Crippen LogP contribution < -0.4 is 20.1 Å². The summed E-state index contributed by atoms with van der Waals surface area (Å²) in [6.07, 6.45) is 2.13. The Morgan fingerprint density at radius 1 is 0.793 bits per heavy atom. The third-order valence-electron chi connectivity index (χ3n) is 4.19. The molecule has 3 aromatic carbocycles. The average Bonchev–Trinajstić information content (AvgIpc) is 2.75. The van der Waals surface area contributed by atoms with Crippen LogP contribution in [0.25, 0.3) is 0 Å². The maximum absolute atomic E-state index is 12.2. The van der Waals surface area contributed by atoms with Crippen molar-refractivity contribution in [2.45, 2.75) is 19.8 Å². The molecule has 2 N–H and O–H groups in total. The standard InChI is InChI=1S/C24H26N2O3/c1-2-3-17-28-21-13-11-20(12-14-21)26-24(27)18-25-19-9-15-23(16-10-19)29-22-7-5-4-6-8-22/h4-16,25H,2-3,17-18H2,1H3,(H,26,27). The Labute approximate surface area is 171 Å². The van der Waals surface area contributed by atoms with Crippen molar-refractivity contribution < 1.29 is 14.3 Å². The summed E-state index contributed by atoms with van der Waals surface area (Å²) >= 11 is 0. The van der Waals surface area contributed by atoms with Gasteiger partial charge in [-0.1, -0.05) is 31.5 Å². The number of benzene rings is 3. The fraction of sp³-hybridized carbons (Fsp3) is 0.208. The van der Waals surface area contributed by atoms with E-state index in [1.54, 1.807) is 0 Å². The van der Waals surface area contributed by atoms with Crippen LogP contribution in [-0.2, 0) is 4.79 Å². The van der Waals surface area contributed by atoms with Crippen LogP contribution in [0, 0.1) is 0 Å². The van der Waals surface area contributed by atoms with E-state index in [0.717, 1.165) is 41.5 Å². The number of carbonyl (C=O) groups is 1. The first kappa shape index (κ1) is 20.3. The number of ether oxygens (including phenoxy) is 2. The predicted octanol–water partition coefficient (Wildman–Crippen LogP) is 5.71. The summed E-state index contributed by atoms with van der Waals surface area (Å²) in [4.78, 5) is 12.2. The van der Waals surface area contributed by atoms with Crippen molar-refractivity contribution in [1.82, 2.24) is 0 Å². The molecule has 0 bridgehead atoms. The van der Waals surface area contributed by atoms with Gasteiger partial charge in [0.2, 0.25) is 5.91 Å². The van der Waals surface area contributed by atoms with Crippen LogP contribution in [0.4, 0.5) is 11.4 Å². The second-order valence-corrected chi connectivity index (χ2v) is 6.57. The zero-order chi connectivity index (χ0) is 20.3. The molecule has 3 aromatic rings. The Balaban J connectivity index is 1.43. The molecule has 3 rings (SSSR count). The van der Waals surface area contributed by atoms with Gasteiger partial charge in [-0.15, -0.1) is 0 Å². The maximum atomic E-state index is 12.2. The summed E-state index contributed by atoms with van der Waals surface area (Å²) in [5, 5.41) is 5.98. The van der Waals surface area contributed by atoms with Crippen LogP contribution in [0.2, 0.25) is 0 Å². The summed E-state index contributed by atoms with van der Waals surface area (Å²) in [6.45, 7) is 3.01. The van der Waals surface area contributed by atoms with Crippen LogP contribution in [0.5, 0.6) is 17.2 Å². The van der Waals surface area contributed by atoms with Crippen LogP contribution in [-0.4, -0.2) is 19.1 Å². The molecule has 5 nitrogen and oxygen atoms in total. The van der Waals surface area contributed by atoms with Gasteiger partial charge in [-0.05, 0) is 67.1 Å². The second kappa shape index (κ2) is 10.8. The maximum Gasteiger partial charge on any atom is 0.243 e. The number of anilines is 2. The first-order chi connectivity index (χ1) is 14.2. The molecular formula is C24H26N2O3. The summed E-state index contributed by atoms with van der Waals surface area (Å²) in [7, 11) is 0. The first-order valence-electron chi connectivity index (χ1n) is 9.82. The van der Waals surface area contributed by atoms with Gasteiger partial charge in [0.1, 0.15) is 17.2 Å². The molecule has 0 spiro atoms. The predicted molar refractivity (Wildman–Crippen MR) is 117 cm³/mol. The van der Waals surface area contributed by atoms with E-state index < -0.39 is 0 Å². The van der Waals surface area contributed by atoms with Crippen molar-refractivity contribution in [1.29, 1.82) is 0 Å². The van der Waals surface area contributed by atoms with Crippen LogP contribution in [0.1, 0.15) is 19.8 Å². The summed E-state index contributed by atoms with van der Waals surface area (Å²) in [5.74, 6) is 2.23. The van der Waals surface area contributed by atoms with Crippen molar-refractivity contribution in [2.75, 3.05) is 23.8 Å². The molecule has 0 aliphatic rings. The molecule has 0 saturated heterocycles. The monoisotopic (exact) mass is 390 g/mol. The molecule has 0 heterocycles. The molecule has 150 valence electrons. The van der Waals surface area contributed by atoms with Gasteiger partial charge >= 0.3 is 0 Å². The fourth-order valence-electron chi connectivity index (χ4n) is 2.62. The van der Waals surface area contributed by atoms with Gasteiger partial charge in [0.25, 0.3) is 0 Å². The van der Waals surface area contributed by atoms with Gasteiger partial charge in [-0.2, -0.15) is 0 Å². The summed E-state index contributed by atoms with van der Waals surface area (Å²) < 4.78 is 11.4. The topological polar surface area (TPSA) is 59.6 Å². The minimum Gasteiger partial charge on any atom is -0.494 e. The van der Waals surface area contributed by atoms with E-state index >= 15 is 0 Å². The van der Waals surface area contributed by atoms with Gasteiger partial charge in [-0.25, -0.2) is 0 Å². The number of rotatable bonds is 10. The smallest absolute Gasteiger partial charge is 0.243 e. The van der Waals surface area contributed by atoms with Crippen molar-refractivity contribution in [3.63, 3.8) is 0 Å². The number of nitrogens with one attached hydrogen (secondary N) is 2. The molecular weight excluding hydrogens is 364 g/mol. The number of para-hydroxylation sites is 1. The fourth-order valence-corrected chi connectivity index (χ4v) is 2.62. The Morgan fingerprint density at radius 3 is 2.10 bits per heavy atom. The van der Waals surface area contributed by atoms with Gasteiger partial charge in [-0.3, -0.25) is 4.79 Å². The highest BCUT2D eigenvalue weighted by Crippen LogP contribution is 2.22. The Bertz CT molecular complexity index is 878. The zero-order valence-electron chi connectivity index (χ0n) is 16.6. The Hall–Kier alpha value is -3.47. The van der Waals surface area contributed by atoms with Crippen molar-refractivity contribution in [3.8, 4) is 17.2 Å². The molecule has 0 aromatic heterocycles. The molecule has 0 fully saturated rings. The van der Waals surface area contributed by atoms with Crippen molar-refractivity contribution >= 4 is 17.3 Å². The van der Waals surface area contributed by atoms with E-state index in [1.807, 2.05) is 78.9 Å². The molecule has 0 aliphatic carbocycles. The number of carbonyl (C=O) groups excluding carboxylic acids is 1. The van der Waals surface area contributed by atoms with Crippen LogP contribution in [0.15, 0.2) is 78.9 Å². The number of hydrogen-bond acceptors (Lipinski definition) is 4. The highest BCUT2D eigenvalue weighted by molar-refractivity contribution is 5.93. The Morgan fingerprint density at radius 2 is 1.41 bits per heavy atom. The number of unbranched alkanes of at least 4 members (excludes halogenated alkanes) is 1. The molecule has 0 unspecified atom stereocenters. The zero-order valence-corrected chi connectivity index (χ0v) is 16.6. The van der Waals surface area contributed by atoms with Gasteiger partial charge in [0.15, 0.2) is 0 Å². The van der Waals surface area contributed by atoms with Gasteiger partial charge < -0.3 is 20.1 Å². The highest BCUT2D eigenvalue weighted by Gasteiger charge is 2.04. The Kier molecular flexibility index (Phi) is 7.52. The van der Waals surface area contributed by atoms with Gasteiger partial charge in [0.05, 0.1) is 13.2 Å². The van der Waals surface area contributed by atoms with Crippen molar-refractivity contribution in [2.24, 2.45) is 0 Å². The third-order valence-corrected chi connectivity index (χ3v) is 4.19. The molecule has 0 radical (unpaired) electrons. The van der Waals surface area contributed by atoms with E-state index in [1.165, 1.54) is 0 Å². The lowest BCUT2D eigenvalue weighted by Gasteiger charge is -2.10. The van der Waals surface area contributed by atoms with E-state index in [9.17, 15) is 4.79 Å². The van der Waals surface area contributed by atoms with E-state index in [0.29, 0.717) is 6.61 Å². The third kappa shape index (κ3) is 6.88. The van der Waals surface area contributed by atoms with E-state index in [4.69, 9.17) is 9.47 Å². The molecule has 29 heavy (non-hydrogen) atoms. The lowest BCUT2D eigenvalue weighted by molar-refractivity contribution is -0.114. The normalized spacial score (nSPS) is 10.2. The lowest BCUT2D eigenvalue weighted by Crippen LogP contribution is -2.21. The molecule has 0 atom stereocenters. The van der Waals surface area contributed by atoms with Crippen LogP contribution >= 0.6 is 0 Å². The molecule has 0 aliphatic heterocycles. The van der Waals surface area contributed by atoms with Gasteiger partial charge in [0, 0.05) is 11.4 Å². The average molecular weight is 390 g/mol. The number of amides is 1. The SMILES string of the molecule is CCCCOc1ccc(NC(=O)CNc2ccc(Oc3ccccc3)cc2)cc1. The first-order valence-corrected chi connectivity index (χ1v) is 9.82. The van der Waals surface area contributed by atoms with Crippen LogP contribution in [0.3, 0.4) is 0 Å². The van der Waals surface area contributed by atoms with E-state index in [2.05, 4.69) is 17.6 Å². The second-order valence-electron chi connectivity index (χ2n) is 6.57. The quantitative estimate of drug-likeness (QED) is 0.435. The molecule has 0 saturated carbocycles. The molecule has 1 amide bonds. The summed E-state index contributed by atoms with van der Waals surface area (Å²) in [6, 6.07) is 24.5. The largest absolute Gasteiger partial charge is 0.494 e. The minimum atomic E-state index is -0.116. The minimum absolute atomic E-state index is 0.116. The molecule has 5 heteroatoms. The lowest BCUT2D eigenvalue weighted by atomic mass is 10.3. The highest BCUT2D eigenvalue weighted by atomic mass is 16.5.